The molecule has 4 fully saturated rings. The first kappa shape index (κ1) is 79.1. The van der Waals surface area contributed by atoms with Gasteiger partial charge in [-0.3, -0.25) is 48.5 Å². The largest absolute Gasteiger partial charge is 0.492 e. The average Bonchev–Trinajstić information content (AvgIpc) is 1.59. The van der Waals surface area contributed by atoms with Crippen molar-refractivity contribution in [3.05, 3.63) is 151 Å². The molecule has 0 saturated carbocycles. The van der Waals surface area contributed by atoms with Crippen LogP contribution in [0.3, 0.4) is 0 Å². The molecule has 2 aromatic carbocycles. The Hall–Kier alpha value is -8.20. The summed E-state index contributed by atoms with van der Waals surface area (Å²) in [4.78, 5) is 87.2. The number of amides is 2. The Labute approximate surface area is 571 Å². The number of piperidine rings is 2. The molecular weight excluding hydrogens is 1410 g/mol. The first-order valence-corrected chi connectivity index (χ1v) is 31.1. The summed E-state index contributed by atoms with van der Waals surface area (Å²) >= 11 is 12.6. The molecule has 0 bridgehead atoms. The number of Topliss-reactive ketones (excluding diaryl/α,β-unsaturated/α-hetero) is 4. The number of ether oxygens (including phenoxy) is 2. The highest BCUT2D eigenvalue weighted by molar-refractivity contribution is 6.41. The fourth-order valence-corrected chi connectivity index (χ4v) is 12.8. The SMILES string of the molecule is Cc1nc2c(cc1Cl)/C(=C/C#N)OC21CCN(C(=O)[C@@H]2CN(C(C)(C)C)C[C@H]2c2ccc(F)cc2F)CC1.O=C(C(=O)C(F)(F)F)C(F)(F)F.O=C(C(=O)C(F)(F)F)C(F)(F)F.[C-]#[N+]/C=C1/OC2(CCN(C(=O)[C@@H]3CN(C(C)(C)C)C[C@H]3c3ccc(F)cc3F)CC2)c2nc(C)c(Cl)cc21. The molecule has 100 heavy (non-hydrogen) atoms. The minimum atomic E-state index is -5.77. The fourth-order valence-electron chi connectivity index (χ4n) is 12.5. The number of fused-ring (bicyclic) bond motifs is 4. The van der Waals surface area contributed by atoms with Crippen LogP contribution in [-0.4, -0.2) is 153 Å². The minimum Gasteiger partial charge on any atom is -0.492 e. The Morgan fingerprint density at radius 2 is 0.870 bits per heavy atom. The van der Waals surface area contributed by atoms with Crippen LogP contribution in [0.25, 0.3) is 16.4 Å². The number of carbonyl (C=O) groups is 6. The molecule has 4 atom stereocenters. The smallest absolute Gasteiger partial charge is 0.458 e. The highest BCUT2D eigenvalue weighted by atomic mass is 35.5. The van der Waals surface area contributed by atoms with Crippen LogP contribution in [0.5, 0.6) is 0 Å². The molecule has 16 nitrogen and oxygen atoms in total. The van der Waals surface area contributed by atoms with E-state index in [2.05, 4.69) is 56.2 Å². The van der Waals surface area contributed by atoms with Gasteiger partial charge in [-0.2, -0.15) is 57.9 Å². The second-order valence-electron chi connectivity index (χ2n) is 26.2. The van der Waals surface area contributed by atoms with Crippen molar-refractivity contribution in [1.82, 2.24) is 29.6 Å². The van der Waals surface area contributed by atoms with Crippen molar-refractivity contribution in [3.8, 4) is 6.07 Å². The Bertz CT molecular complexity index is 3720. The van der Waals surface area contributed by atoms with Crippen molar-refractivity contribution in [3.63, 3.8) is 0 Å². The average molecular weight is 1470 g/mol. The number of aromatic nitrogens is 2. The zero-order valence-electron chi connectivity index (χ0n) is 54.2. The lowest BCUT2D eigenvalue weighted by atomic mass is 9.84. The number of benzene rings is 2. The predicted molar refractivity (Wildman–Crippen MR) is 325 cm³/mol. The molecule has 4 aromatic rings. The van der Waals surface area contributed by atoms with Crippen LogP contribution in [0, 0.1) is 66.9 Å². The van der Waals surface area contributed by atoms with E-state index in [0.717, 1.165) is 29.1 Å². The number of nitriles is 1. The molecule has 6 aliphatic rings. The van der Waals surface area contributed by atoms with Gasteiger partial charge in [0.15, 0.2) is 17.4 Å². The Kier molecular flexibility index (Phi) is 23.3. The van der Waals surface area contributed by atoms with Crippen LogP contribution in [0.1, 0.15) is 124 Å². The molecule has 0 N–H and O–H groups in total. The van der Waals surface area contributed by atoms with Crippen molar-refractivity contribution in [2.75, 3.05) is 52.4 Å². The quantitative estimate of drug-likeness (QED) is 0.0768. The lowest BCUT2D eigenvalue weighted by molar-refractivity contribution is -0.193. The van der Waals surface area contributed by atoms with Gasteiger partial charge in [0.1, 0.15) is 34.8 Å². The standard InChI is InChI=1S/2C29H31ClF2N4O2.2C4F6O2/c1-17-23(30)13-20-25(14-33-5)38-29(26(20)34-17)8-10-35(11-9-29)27(37)22-16-36(28(2,3)4)15-21(22)19-7-6-18(31)12-24(19)32;1-17-23(30)14-20-25(7-10-33)38-29(26(20)34-17)8-11-35(12-9-29)27(37)22-16-36(28(2,3)4)15-21(22)19-6-5-18(31)13-24(19)32;2*5-3(6,7)1(11)2(12)4(8,9)10/h6-7,12-14,21-22H,8-11,15-16H2,1-4H3;5-7,13-14,21-22H,8-9,11-12,15-16H2,1-4H3;;/b25-14+;25-7-;;/t2*21-,22+;;/m00../s1. The van der Waals surface area contributed by atoms with E-state index >= 15 is 0 Å². The monoisotopic (exact) mass is 1470 g/mol. The number of hydrogen-bond acceptors (Lipinski definition) is 13. The van der Waals surface area contributed by atoms with Gasteiger partial charge in [-0.25, -0.2) is 22.4 Å². The van der Waals surface area contributed by atoms with Crippen LogP contribution in [-0.2, 0) is 49.4 Å². The van der Waals surface area contributed by atoms with E-state index in [1.54, 1.807) is 12.1 Å². The number of pyridine rings is 2. The maximum absolute atomic E-state index is 14.9. The number of aryl methyl sites for hydroxylation is 2. The Balaban J connectivity index is 0.000000213. The van der Waals surface area contributed by atoms with Crippen molar-refractivity contribution in [2.45, 2.75) is 140 Å². The van der Waals surface area contributed by atoms with Gasteiger partial charge in [0, 0.05) is 124 Å². The molecule has 540 valence electrons. The van der Waals surface area contributed by atoms with E-state index in [1.807, 2.05) is 29.7 Å². The number of rotatable bonds is 6. The lowest BCUT2D eigenvalue weighted by Gasteiger charge is -2.40. The van der Waals surface area contributed by atoms with E-state index in [-0.39, 0.29) is 34.7 Å². The van der Waals surface area contributed by atoms with E-state index in [4.69, 9.17) is 49.2 Å². The summed E-state index contributed by atoms with van der Waals surface area (Å²) < 4.78 is 204. The van der Waals surface area contributed by atoms with Gasteiger partial charge >= 0.3 is 47.8 Å². The molecule has 0 aliphatic carbocycles. The van der Waals surface area contributed by atoms with E-state index in [0.29, 0.717) is 128 Å². The molecule has 2 amide bonds. The highest BCUT2D eigenvalue weighted by Crippen LogP contribution is 2.52. The molecule has 0 unspecified atom stereocenters. The van der Waals surface area contributed by atoms with Crippen molar-refractivity contribution >= 4 is 69.7 Å². The summed E-state index contributed by atoms with van der Waals surface area (Å²) in [7, 11) is 0. The summed E-state index contributed by atoms with van der Waals surface area (Å²) in [6, 6.07) is 12.9. The summed E-state index contributed by atoms with van der Waals surface area (Å²) in [6.45, 7) is 27.2. The minimum absolute atomic E-state index is 0.0317. The number of hydrogen-bond donors (Lipinski definition) is 0. The first-order chi connectivity index (χ1) is 46.0. The Morgan fingerprint density at radius 1 is 0.550 bits per heavy atom. The number of likely N-dealkylation sites (tertiary alicyclic amines) is 4. The van der Waals surface area contributed by atoms with Crippen LogP contribution >= 0.6 is 23.2 Å². The van der Waals surface area contributed by atoms with E-state index < -0.39 is 94.1 Å². The van der Waals surface area contributed by atoms with Gasteiger partial charge in [0.05, 0.1) is 63.4 Å². The third-order valence-corrected chi connectivity index (χ3v) is 18.6. The third-order valence-electron chi connectivity index (χ3n) is 17.8. The second-order valence-corrected chi connectivity index (χ2v) is 27.0. The van der Waals surface area contributed by atoms with Gasteiger partial charge in [0.2, 0.25) is 11.8 Å². The number of nitrogens with zero attached hydrogens (tertiary/aromatic N) is 8. The zero-order valence-corrected chi connectivity index (χ0v) is 55.7. The predicted octanol–water partition coefficient (Wildman–Crippen LogP) is 13.9. The molecule has 34 heteroatoms. The Morgan fingerprint density at radius 3 is 1.16 bits per heavy atom. The summed E-state index contributed by atoms with van der Waals surface area (Å²) in [6.07, 6.45) is -18.3. The third kappa shape index (κ3) is 17.4. The number of alkyl halides is 12. The molecule has 10 rings (SSSR count). The number of carbonyl (C=O) groups excluding carboxylic acids is 6. The molecule has 2 aromatic heterocycles. The first-order valence-electron chi connectivity index (χ1n) is 30.3. The van der Waals surface area contributed by atoms with E-state index in [1.165, 1.54) is 36.5 Å². The maximum Gasteiger partial charge on any atom is 0.458 e. The number of halogens is 18. The maximum atomic E-state index is 14.9. The lowest BCUT2D eigenvalue weighted by Crippen LogP contribution is -2.48. The zero-order chi connectivity index (χ0) is 75.1. The topological polar surface area (TPSA) is 188 Å². The molecule has 2 spiro atoms. The molecule has 4 saturated heterocycles. The van der Waals surface area contributed by atoms with Crippen molar-refractivity contribution in [1.29, 1.82) is 5.26 Å². The number of ketones is 4. The number of allylic oxidation sites excluding steroid dienone is 1. The normalized spacial score (nSPS) is 21.3. The summed E-state index contributed by atoms with van der Waals surface area (Å²) in [5, 5.41) is 10.3. The van der Waals surface area contributed by atoms with Crippen molar-refractivity contribution in [2.24, 2.45) is 11.8 Å². The van der Waals surface area contributed by atoms with Crippen molar-refractivity contribution < 1.29 is 108 Å². The van der Waals surface area contributed by atoms with E-state index in [9.17, 15) is 104 Å². The molecular formula is C66H62Cl2F16N8O8. The van der Waals surface area contributed by atoms with Crippen LogP contribution in [0.15, 0.2) is 60.8 Å². The van der Waals surface area contributed by atoms with Gasteiger partial charge in [-0.15, -0.1) is 0 Å². The van der Waals surface area contributed by atoms with Gasteiger partial charge in [0.25, 0.3) is 0 Å². The highest BCUT2D eigenvalue weighted by Gasteiger charge is 2.57. The molecule has 0 radical (unpaired) electrons. The second kappa shape index (κ2) is 29.4. The molecule has 6 aliphatic heterocycles. The summed E-state index contributed by atoms with van der Waals surface area (Å²) in [5.74, 6) is -16.9. The fraction of sp³-hybridized carbons (Fsp3) is 0.485. The van der Waals surface area contributed by atoms with Crippen LogP contribution in [0.4, 0.5) is 70.2 Å². The summed E-state index contributed by atoms with van der Waals surface area (Å²) in [5.41, 5.74) is 3.20. The van der Waals surface area contributed by atoms with Gasteiger partial charge in [-0.1, -0.05) is 35.3 Å². The van der Waals surface area contributed by atoms with Gasteiger partial charge < -0.3 is 19.3 Å². The molecule has 8 heterocycles. The van der Waals surface area contributed by atoms with Crippen LogP contribution < -0.4 is 0 Å². The van der Waals surface area contributed by atoms with Gasteiger partial charge in [-0.05, 0) is 90.8 Å². The van der Waals surface area contributed by atoms with Crippen LogP contribution in [0.2, 0.25) is 10.0 Å².